The Kier molecular flexibility index (Phi) is 6.82. The normalized spacial score (nSPS) is 17.4. The van der Waals surface area contributed by atoms with Crippen molar-refractivity contribution in [1.29, 1.82) is 0 Å². The summed E-state index contributed by atoms with van der Waals surface area (Å²) in [6, 6.07) is 0. The molecular weight excluding hydrogens is 304 g/mol. The maximum Gasteiger partial charge on any atom is 0.234 e. The van der Waals surface area contributed by atoms with Crippen LogP contribution in [0.4, 0.5) is 5.82 Å². The van der Waals surface area contributed by atoms with Gasteiger partial charge in [0.2, 0.25) is 11.8 Å². The summed E-state index contributed by atoms with van der Waals surface area (Å²) >= 11 is 0. The maximum atomic E-state index is 12.7. The second kappa shape index (κ2) is 8.85. The highest BCUT2D eigenvalue weighted by Gasteiger charge is 2.31. The Morgan fingerprint density at radius 1 is 1.33 bits per heavy atom. The van der Waals surface area contributed by atoms with Crippen LogP contribution in [0.25, 0.3) is 0 Å². The van der Waals surface area contributed by atoms with Gasteiger partial charge >= 0.3 is 0 Å². The molecular formula is C18H30N4O2. The molecule has 0 bridgehead atoms. The largest absolute Gasteiger partial charge is 0.471 e. The van der Waals surface area contributed by atoms with Gasteiger partial charge in [0, 0.05) is 33.0 Å². The molecule has 6 heteroatoms. The molecule has 2 rings (SSSR count). The molecule has 2 heterocycles. The van der Waals surface area contributed by atoms with Gasteiger partial charge in [-0.05, 0) is 12.8 Å². The van der Waals surface area contributed by atoms with Crippen molar-refractivity contribution in [2.45, 2.75) is 52.1 Å². The third kappa shape index (κ3) is 4.82. The van der Waals surface area contributed by atoms with E-state index in [1.54, 1.807) is 12.4 Å². The minimum absolute atomic E-state index is 0.00423. The zero-order valence-electron chi connectivity index (χ0n) is 15.4. The SMILES string of the molecule is CCCC(CCC)C(=O)N1CCC(Oc2cncc(N(C)C)n2)C1. The van der Waals surface area contributed by atoms with E-state index in [2.05, 4.69) is 23.8 Å². The maximum absolute atomic E-state index is 12.7. The number of amides is 1. The van der Waals surface area contributed by atoms with Crippen molar-refractivity contribution in [3.05, 3.63) is 12.4 Å². The molecule has 0 aromatic carbocycles. The number of anilines is 1. The highest BCUT2D eigenvalue weighted by atomic mass is 16.5. The number of ether oxygens (including phenoxy) is 1. The third-order valence-corrected chi connectivity index (χ3v) is 4.43. The smallest absolute Gasteiger partial charge is 0.234 e. The first-order valence-corrected chi connectivity index (χ1v) is 8.99. The Labute approximate surface area is 145 Å². The van der Waals surface area contributed by atoms with Crippen LogP contribution < -0.4 is 9.64 Å². The average Bonchev–Trinajstić information content (AvgIpc) is 3.02. The number of nitrogens with zero attached hydrogens (tertiary/aromatic N) is 4. The van der Waals surface area contributed by atoms with Gasteiger partial charge in [-0.1, -0.05) is 26.7 Å². The molecule has 1 fully saturated rings. The highest BCUT2D eigenvalue weighted by molar-refractivity contribution is 5.79. The summed E-state index contributed by atoms with van der Waals surface area (Å²) in [6.07, 6.45) is 8.25. The predicted molar refractivity (Wildman–Crippen MR) is 95.3 cm³/mol. The van der Waals surface area contributed by atoms with Gasteiger partial charge < -0.3 is 14.5 Å². The number of carbonyl (C=O) groups excluding carboxylic acids is 1. The fourth-order valence-electron chi connectivity index (χ4n) is 3.15. The first kappa shape index (κ1) is 18.5. The van der Waals surface area contributed by atoms with Crippen molar-refractivity contribution in [2.75, 3.05) is 32.1 Å². The van der Waals surface area contributed by atoms with Gasteiger partial charge in [-0.2, -0.15) is 4.98 Å². The number of hydrogen-bond donors (Lipinski definition) is 0. The summed E-state index contributed by atoms with van der Waals surface area (Å²) in [7, 11) is 3.84. The van der Waals surface area contributed by atoms with E-state index in [9.17, 15) is 4.79 Å². The van der Waals surface area contributed by atoms with Gasteiger partial charge in [0.25, 0.3) is 0 Å². The Balaban J connectivity index is 1.92. The molecule has 1 saturated heterocycles. The molecule has 6 nitrogen and oxygen atoms in total. The van der Waals surface area contributed by atoms with Crippen molar-refractivity contribution in [3.63, 3.8) is 0 Å². The van der Waals surface area contributed by atoms with Gasteiger partial charge in [-0.15, -0.1) is 0 Å². The summed E-state index contributed by atoms with van der Waals surface area (Å²) in [4.78, 5) is 25.2. The number of hydrogen-bond acceptors (Lipinski definition) is 5. The first-order valence-electron chi connectivity index (χ1n) is 8.99. The summed E-state index contributed by atoms with van der Waals surface area (Å²) in [5, 5.41) is 0. The zero-order valence-corrected chi connectivity index (χ0v) is 15.4. The number of likely N-dealkylation sites (tertiary alicyclic amines) is 1. The Morgan fingerprint density at radius 3 is 2.67 bits per heavy atom. The van der Waals surface area contributed by atoms with E-state index < -0.39 is 0 Å². The lowest BCUT2D eigenvalue weighted by Crippen LogP contribution is -2.35. The van der Waals surface area contributed by atoms with Crippen molar-refractivity contribution >= 4 is 11.7 Å². The Hall–Kier alpha value is -1.85. The fourth-order valence-corrected chi connectivity index (χ4v) is 3.15. The fraction of sp³-hybridized carbons (Fsp3) is 0.722. The minimum Gasteiger partial charge on any atom is -0.471 e. The molecule has 134 valence electrons. The summed E-state index contributed by atoms with van der Waals surface area (Å²) in [6.45, 7) is 5.70. The molecule has 1 aromatic rings. The molecule has 1 aliphatic rings. The summed E-state index contributed by atoms with van der Waals surface area (Å²) < 4.78 is 5.95. The lowest BCUT2D eigenvalue weighted by molar-refractivity contribution is -0.135. The molecule has 0 N–H and O–H groups in total. The first-order chi connectivity index (χ1) is 11.5. The van der Waals surface area contributed by atoms with Crippen LogP contribution in [0.2, 0.25) is 0 Å². The van der Waals surface area contributed by atoms with Crippen LogP contribution >= 0.6 is 0 Å². The molecule has 24 heavy (non-hydrogen) atoms. The quantitative estimate of drug-likeness (QED) is 0.731. The molecule has 1 unspecified atom stereocenters. The topological polar surface area (TPSA) is 58.6 Å². The van der Waals surface area contributed by atoms with Gasteiger partial charge in [0.1, 0.15) is 6.10 Å². The van der Waals surface area contributed by atoms with Crippen LogP contribution in [0.3, 0.4) is 0 Å². The lowest BCUT2D eigenvalue weighted by Gasteiger charge is -2.23. The molecule has 0 spiro atoms. The van der Waals surface area contributed by atoms with Gasteiger partial charge in [0.05, 0.1) is 18.9 Å². The van der Waals surface area contributed by atoms with E-state index in [0.717, 1.165) is 44.5 Å². The van der Waals surface area contributed by atoms with Crippen LogP contribution in [0, 0.1) is 5.92 Å². The number of aromatic nitrogens is 2. The average molecular weight is 334 g/mol. The molecule has 0 saturated carbocycles. The van der Waals surface area contributed by atoms with Gasteiger partial charge in [-0.25, -0.2) is 0 Å². The second-order valence-corrected chi connectivity index (χ2v) is 6.70. The van der Waals surface area contributed by atoms with Crippen LogP contribution in [0.15, 0.2) is 12.4 Å². The minimum atomic E-state index is 0.00423. The summed E-state index contributed by atoms with van der Waals surface area (Å²) in [5.74, 6) is 1.75. The van der Waals surface area contributed by atoms with Gasteiger partial charge in [0.15, 0.2) is 5.82 Å². The van der Waals surface area contributed by atoms with E-state index >= 15 is 0 Å². The molecule has 1 atom stereocenters. The van der Waals surface area contributed by atoms with Crippen LogP contribution in [0.5, 0.6) is 5.88 Å². The monoisotopic (exact) mass is 334 g/mol. The lowest BCUT2D eigenvalue weighted by atomic mass is 9.97. The van der Waals surface area contributed by atoms with E-state index in [-0.39, 0.29) is 17.9 Å². The standard InChI is InChI=1S/C18H30N4O2/c1-5-7-14(8-6-2)18(23)22-10-9-15(13-22)24-17-12-19-11-16(20-17)21(3)4/h11-12,14-15H,5-10,13H2,1-4H3. The molecule has 0 radical (unpaired) electrons. The van der Waals surface area contributed by atoms with E-state index in [1.165, 1.54) is 0 Å². The van der Waals surface area contributed by atoms with Crippen molar-refractivity contribution in [1.82, 2.24) is 14.9 Å². The number of rotatable bonds is 8. The van der Waals surface area contributed by atoms with Crippen molar-refractivity contribution < 1.29 is 9.53 Å². The van der Waals surface area contributed by atoms with E-state index in [0.29, 0.717) is 12.4 Å². The van der Waals surface area contributed by atoms with Crippen LogP contribution in [-0.4, -0.2) is 54.1 Å². The zero-order chi connectivity index (χ0) is 17.5. The Morgan fingerprint density at radius 2 is 2.04 bits per heavy atom. The van der Waals surface area contributed by atoms with Gasteiger partial charge in [-0.3, -0.25) is 9.78 Å². The van der Waals surface area contributed by atoms with Crippen molar-refractivity contribution in [2.24, 2.45) is 5.92 Å². The highest BCUT2D eigenvalue weighted by Crippen LogP contribution is 2.22. The van der Waals surface area contributed by atoms with Crippen molar-refractivity contribution in [3.8, 4) is 5.88 Å². The van der Waals surface area contributed by atoms with E-state index in [1.807, 2.05) is 23.9 Å². The molecule has 1 aromatic heterocycles. The number of carbonyl (C=O) groups is 1. The van der Waals surface area contributed by atoms with Crippen LogP contribution in [-0.2, 0) is 4.79 Å². The predicted octanol–water partition coefficient (Wildman–Crippen LogP) is 2.74. The second-order valence-electron chi connectivity index (χ2n) is 6.70. The molecule has 1 amide bonds. The van der Waals surface area contributed by atoms with Crippen LogP contribution in [0.1, 0.15) is 46.0 Å². The van der Waals surface area contributed by atoms with E-state index in [4.69, 9.17) is 4.74 Å². The third-order valence-electron chi connectivity index (χ3n) is 4.43. The molecule has 0 aliphatic carbocycles. The summed E-state index contributed by atoms with van der Waals surface area (Å²) in [5.41, 5.74) is 0. The molecule has 1 aliphatic heterocycles. The Bertz CT molecular complexity index is 530.